The summed E-state index contributed by atoms with van der Waals surface area (Å²) in [6.45, 7) is 3.90. The number of nitrogens with zero attached hydrogens (tertiary/aromatic N) is 1. The second-order valence-electron chi connectivity index (χ2n) is 3.00. The fourth-order valence-electron chi connectivity index (χ4n) is 1.02. The molecule has 0 bridgehead atoms. The van der Waals surface area contributed by atoms with Crippen LogP contribution in [0.2, 0.25) is 0 Å². The highest BCUT2D eigenvalue weighted by atomic mass is 79.9. The van der Waals surface area contributed by atoms with Crippen molar-refractivity contribution in [1.29, 1.82) is 0 Å². The number of carbonyl (C=O) groups excluding carboxylic acids is 1. The first kappa shape index (κ1) is 11.7. The molecule has 0 saturated heterocycles. The van der Waals surface area contributed by atoms with Crippen molar-refractivity contribution in [1.82, 2.24) is 10.3 Å². The Morgan fingerprint density at radius 2 is 2.50 bits per heavy atom. The average Bonchev–Trinajstić information content (AvgIpc) is 2.60. The minimum Gasteiger partial charge on any atom is -0.348 e. The molecule has 0 spiro atoms. The van der Waals surface area contributed by atoms with Gasteiger partial charge in [-0.15, -0.1) is 11.3 Å². The zero-order valence-corrected chi connectivity index (χ0v) is 10.6. The Kier molecular flexibility index (Phi) is 4.54. The van der Waals surface area contributed by atoms with Crippen LogP contribution < -0.4 is 5.32 Å². The summed E-state index contributed by atoms with van der Waals surface area (Å²) in [4.78, 5) is 16.4. The Hall–Kier alpha value is -0.420. The summed E-state index contributed by atoms with van der Waals surface area (Å²) in [6, 6.07) is 0.198. The minimum absolute atomic E-state index is 0.0173. The van der Waals surface area contributed by atoms with Gasteiger partial charge in [-0.1, -0.05) is 22.9 Å². The van der Waals surface area contributed by atoms with Crippen LogP contribution in [-0.4, -0.2) is 22.3 Å². The summed E-state index contributed by atoms with van der Waals surface area (Å²) >= 11 is 4.74. The third kappa shape index (κ3) is 2.78. The molecule has 0 aliphatic carbocycles. The largest absolute Gasteiger partial charge is 0.348 e. The van der Waals surface area contributed by atoms with Crippen LogP contribution in [0, 0.1) is 6.92 Å². The van der Waals surface area contributed by atoms with Crippen LogP contribution in [-0.2, 0) is 0 Å². The van der Waals surface area contributed by atoms with Crippen LogP contribution in [0.1, 0.15) is 28.7 Å². The molecule has 0 aliphatic rings. The van der Waals surface area contributed by atoms with Crippen molar-refractivity contribution >= 4 is 33.2 Å². The number of halogens is 1. The number of carbonyl (C=O) groups is 1. The van der Waals surface area contributed by atoms with E-state index >= 15 is 0 Å². The molecule has 0 fully saturated rings. The lowest BCUT2D eigenvalue weighted by molar-refractivity contribution is 0.0943. The van der Waals surface area contributed by atoms with Crippen molar-refractivity contribution in [2.75, 3.05) is 5.33 Å². The van der Waals surface area contributed by atoms with E-state index in [4.69, 9.17) is 0 Å². The highest BCUT2D eigenvalue weighted by molar-refractivity contribution is 9.09. The van der Waals surface area contributed by atoms with Gasteiger partial charge in [-0.05, 0) is 13.3 Å². The van der Waals surface area contributed by atoms with Crippen molar-refractivity contribution < 1.29 is 4.79 Å². The van der Waals surface area contributed by atoms with Crippen LogP contribution in [0.25, 0.3) is 0 Å². The Balaban J connectivity index is 2.63. The molecule has 0 saturated carbocycles. The van der Waals surface area contributed by atoms with Gasteiger partial charge in [0, 0.05) is 11.4 Å². The molecule has 78 valence electrons. The van der Waals surface area contributed by atoms with Gasteiger partial charge in [0.2, 0.25) is 0 Å². The zero-order valence-electron chi connectivity index (χ0n) is 8.21. The average molecular weight is 277 g/mol. The molecule has 0 radical (unpaired) electrons. The molecule has 1 heterocycles. The number of aromatic nitrogens is 1. The number of aryl methyl sites for hydroxylation is 1. The topological polar surface area (TPSA) is 42.0 Å². The Labute approximate surface area is 96.1 Å². The normalized spacial score (nSPS) is 12.5. The van der Waals surface area contributed by atoms with Crippen molar-refractivity contribution in [2.24, 2.45) is 0 Å². The maximum Gasteiger partial charge on any atom is 0.263 e. The van der Waals surface area contributed by atoms with E-state index in [0.717, 1.165) is 17.4 Å². The first-order chi connectivity index (χ1) is 6.69. The lowest BCUT2D eigenvalue weighted by atomic mass is 10.2. The van der Waals surface area contributed by atoms with Gasteiger partial charge in [-0.2, -0.15) is 0 Å². The summed E-state index contributed by atoms with van der Waals surface area (Å²) in [6.07, 6.45) is 0.925. The molecular formula is C9H13BrN2OS. The summed E-state index contributed by atoms with van der Waals surface area (Å²) in [7, 11) is 0. The maximum atomic E-state index is 11.7. The zero-order chi connectivity index (χ0) is 10.6. The van der Waals surface area contributed by atoms with Gasteiger partial charge in [0.05, 0.1) is 11.2 Å². The van der Waals surface area contributed by atoms with E-state index in [2.05, 4.69) is 26.2 Å². The standard InChI is InChI=1S/C9H13BrN2OS/c1-3-7(4-10)12-9(13)8-6(2)11-5-14-8/h5,7H,3-4H2,1-2H3,(H,12,13). The number of hydrogen-bond acceptors (Lipinski definition) is 3. The fraction of sp³-hybridized carbons (Fsp3) is 0.556. The van der Waals surface area contributed by atoms with E-state index in [9.17, 15) is 4.79 Å². The highest BCUT2D eigenvalue weighted by Crippen LogP contribution is 2.12. The van der Waals surface area contributed by atoms with E-state index in [1.54, 1.807) is 5.51 Å². The Morgan fingerprint density at radius 3 is 2.93 bits per heavy atom. The second-order valence-corrected chi connectivity index (χ2v) is 4.50. The smallest absolute Gasteiger partial charge is 0.263 e. The van der Waals surface area contributed by atoms with Gasteiger partial charge < -0.3 is 5.32 Å². The van der Waals surface area contributed by atoms with Gasteiger partial charge in [-0.3, -0.25) is 4.79 Å². The van der Waals surface area contributed by atoms with Crippen LogP contribution in [0.4, 0.5) is 0 Å². The second kappa shape index (κ2) is 5.46. The van der Waals surface area contributed by atoms with Crippen LogP contribution in [0.15, 0.2) is 5.51 Å². The molecular weight excluding hydrogens is 264 g/mol. The summed E-state index contributed by atoms with van der Waals surface area (Å²) in [5.41, 5.74) is 2.50. The number of rotatable bonds is 4. The van der Waals surface area contributed by atoms with Gasteiger partial charge in [0.15, 0.2) is 0 Å². The fourth-order valence-corrected chi connectivity index (χ4v) is 2.35. The first-order valence-electron chi connectivity index (χ1n) is 4.46. The van der Waals surface area contributed by atoms with E-state index < -0.39 is 0 Å². The van der Waals surface area contributed by atoms with E-state index in [0.29, 0.717) is 4.88 Å². The maximum absolute atomic E-state index is 11.7. The van der Waals surface area contributed by atoms with Gasteiger partial charge in [0.1, 0.15) is 4.88 Å². The number of thiazole rings is 1. The number of hydrogen-bond donors (Lipinski definition) is 1. The monoisotopic (exact) mass is 276 g/mol. The van der Waals surface area contributed by atoms with Gasteiger partial charge >= 0.3 is 0 Å². The third-order valence-corrected chi connectivity index (χ3v) is 3.67. The Morgan fingerprint density at radius 1 is 1.79 bits per heavy atom. The van der Waals surface area contributed by atoms with E-state index in [-0.39, 0.29) is 11.9 Å². The quantitative estimate of drug-likeness (QED) is 0.858. The van der Waals surface area contributed by atoms with Gasteiger partial charge in [0.25, 0.3) is 5.91 Å². The van der Waals surface area contributed by atoms with Crippen molar-refractivity contribution in [2.45, 2.75) is 26.3 Å². The first-order valence-corrected chi connectivity index (χ1v) is 6.46. The molecule has 14 heavy (non-hydrogen) atoms. The van der Waals surface area contributed by atoms with Crippen molar-refractivity contribution in [3.63, 3.8) is 0 Å². The lowest BCUT2D eigenvalue weighted by Gasteiger charge is -2.12. The molecule has 0 aromatic carbocycles. The van der Waals surface area contributed by atoms with Crippen LogP contribution in [0.3, 0.4) is 0 Å². The molecule has 5 heteroatoms. The molecule has 1 aromatic heterocycles. The molecule has 1 rings (SSSR count). The van der Waals surface area contributed by atoms with Crippen molar-refractivity contribution in [3.05, 3.63) is 16.1 Å². The summed E-state index contributed by atoms with van der Waals surface area (Å²) in [5, 5.41) is 3.73. The number of alkyl halides is 1. The Bertz CT molecular complexity index is 310. The molecule has 1 N–H and O–H groups in total. The minimum atomic E-state index is -0.0173. The van der Waals surface area contributed by atoms with Crippen LogP contribution >= 0.6 is 27.3 Å². The van der Waals surface area contributed by atoms with E-state index in [1.165, 1.54) is 11.3 Å². The molecule has 1 aromatic rings. The molecule has 1 atom stereocenters. The molecule has 0 aliphatic heterocycles. The van der Waals surface area contributed by atoms with Crippen molar-refractivity contribution in [3.8, 4) is 0 Å². The lowest BCUT2D eigenvalue weighted by Crippen LogP contribution is -2.35. The summed E-state index contributed by atoms with van der Waals surface area (Å²) < 4.78 is 0. The molecule has 3 nitrogen and oxygen atoms in total. The third-order valence-electron chi connectivity index (χ3n) is 1.97. The number of amides is 1. The summed E-state index contributed by atoms with van der Waals surface area (Å²) in [5.74, 6) is -0.0173. The molecule has 1 unspecified atom stereocenters. The highest BCUT2D eigenvalue weighted by Gasteiger charge is 2.14. The van der Waals surface area contributed by atoms with Crippen LogP contribution in [0.5, 0.6) is 0 Å². The predicted molar refractivity (Wildman–Crippen MR) is 62.2 cm³/mol. The predicted octanol–water partition coefficient (Wildman–Crippen LogP) is 2.35. The SMILES string of the molecule is CCC(CBr)NC(=O)c1scnc1C. The van der Waals surface area contributed by atoms with E-state index in [1.807, 2.05) is 13.8 Å². The number of nitrogens with one attached hydrogen (secondary N) is 1. The molecule has 1 amide bonds. The van der Waals surface area contributed by atoms with Gasteiger partial charge in [-0.25, -0.2) is 4.98 Å².